The molecule has 4 rings (SSSR count). The Hall–Kier alpha value is -2.36. The highest BCUT2D eigenvalue weighted by Gasteiger charge is 2.30. The van der Waals surface area contributed by atoms with Gasteiger partial charge in [-0.3, -0.25) is 9.10 Å². The van der Waals surface area contributed by atoms with Crippen molar-refractivity contribution in [2.45, 2.75) is 26.1 Å². The van der Waals surface area contributed by atoms with Crippen LogP contribution in [0, 0.1) is 5.82 Å². The molecule has 2 aromatic carbocycles. The zero-order valence-corrected chi connectivity index (χ0v) is 20.4. The normalized spacial score (nSPS) is 18.9. The number of benzene rings is 2. The van der Waals surface area contributed by atoms with Crippen molar-refractivity contribution in [3.05, 3.63) is 53.3 Å². The highest BCUT2D eigenvalue weighted by Crippen LogP contribution is 2.41. The lowest BCUT2D eigenvalue weighted by Crippen LogP contribution is -2.31. The van der Waals surface area contributed by atoms with Crippen LogP contribution in [0.15, 0.2) is 40.8 Å². The molecule has 0 bridgehead atoms. The second-order valence-electron chi connectivity index (χ2n) is 7.37. The molecule has 9 heteroatoms. The maximum Gasteiger partial charge on any atom is 0.255 e. The van der Waals surface area contributed by atoms with Gasteiger partial charge in [-0.25, -0.2) is 8.60 Å². The third-order valence-corrected chi connectivity index (χ3v) is 6.24. The molecule has 1 unspecified atom stereocenters. The molecule has 2 heterocycles. The van der Waals surface area contributed by atoms with Crippen LogP contribution in [0.2, 0.25) is 0 Å². The first kappa shape index (κ1) is 24.3. The number of carbonyl (C=O) groups excluding carboxylic acids is 1. The Labute approximate surface area is 195 Å². The average molecular weight is 479 g/mol. The largest absolute Gasteiger partial charge is 0.455 e. The number of thiol groups is 1. The number of halogens is 1. The van der Waals surface area contributed by atoms with Crippen LogP contribution in [0.1, 0.15) is 35.9 Å². The van der Waals surface area contributed by atoms with E-state index in [-0.39, 0.29) is 23.9 Å². The lowest BCUT2D eigenvalue weighted by atomic mass is 10.0. The van der Waals surface area contributed by atoms with Crippen LogP contribution in [-0.4, -0.2) is 42.3 Å². The van der Waals surface area contributed by atoms with E-state index in [2.05, 4.69) is 17.9 Å². The molecule has 32 heavy (non-hydrogen) atoms. The van der Waals surface area contributed by atoms with E-state index in [1.54, 1.807) is 36.0 Å². The van der Waals surface area contributed by atoms with Gasteiger partial charge in [0.1, 0.15) is 28.1 Å². The minimum atomic E-state index is -1.26. The van der Waals surface area contributed by atoms with E-state index in [4.69, 9.17) is 9.15 Å². The van der Waals surface area contributed by atoms with Gasteiger partial charge in [0, 0.05) is 35.9 Å². The predicted molar refractivity (Wildman–Crippen MR) is 130 cm³/mol. The van der Waals surface area contributed by atoms with E-state index in [1.165, 1.54) is 12.1 Å². The predicted octanol–water partition coefficient (Wildman–Crippen LogP) is 4.72. The Morgan fingerprint density at radius 3 is 2.47 bits per heavy atom. The molecule has 0 spiro atoms. The number of nitrogens with zero attached hydrogens (tertiary/aromatic N) is 1. The standard InChI is InChI=1S/C22H23FN2O4S.CH4S/c1-12-11-25(30(4)27)18-10-19-17(9-16(18)13(2)28-12)20(22(26)24-3)21(29-19)14-5-7-15(23)8-6-14;1-2/h5-10,12-13H,11H2,1-4H3,(H,24,26);2H,1H3/t12-,13+,30?;/m0./s1. The summed E-state index contributed by atoms with van der Waals surface area (Å²) in [5, 5.41) is 3.28. The summed E-state index contributed by atoms with van der Waals surface area (Å²) in [6, 6.07) is 9.48. The summed E-state index contributed by atoms with van der Waals surface area (Å²) < 4.78 is 39.8. The molecule has 6 nitrogen and oxygen atoms in total. The van der Waals surface area contributed by atoms with E-state index in [9.17, 15) is 13.4 Å². The molecule has 0 aliphatic carbocycles. The number of rotatable bonds is 3. The fourth-order valence-corrected chi connectivity index (χ4v) is 4.74. The molecule has 0 radical (unpaired) electrons. The van der Waals surface area contributed by atoms with Crippen LogP contribution in [0.4, 0.5) is 10.1 Å². The second kappa shape index (κ2) is 10.1. The minimum absolute atomic E-state index is 0.115. The zero-order valence-electron chi connectivity index (χ0n) is 18.6. The quantitative estimate of drug-likeness (QED) is 0.534. The first-order valence-corrected chi connectivity index (χ1v) is 12.5. The smallest absolute Gasteiger partial charge is 0.255 e. The number of fused-ring (bicyclic) bond motifs is 2. The van der Waals surface area contributed by atoms with Gasteiger partial charge in [-0.2, -0.15) is 12.6 Å². The van der Waals surface area contributed by atoms with Crippen molar-refractivity contribution in [3.63, 3.8) is 0 Å². The van der Waals surface area contributed by atoms with Crippen molar-refractivity contribution in [2.24, 2.45) is 0 Å². The first-order valence-electron chi connectivity index (χ1n) is 10.1. The number of nitrogens with one attached hydrogen (secondary N) is 1. The summed E-state index contributed by atoms with van der Waals surface area (Å²) >= 11 is 3.53. The monoisotopic (exact) mass is 478 g/mol. The van der Waals surface area contributed by atoms with Crippen molar-refractivity contribution in [2.75, 3.05) is 30.4 Å². The fraction of sp³-hybridized carbons (Fsp3) is 0.348. The summed E-state index contributed by atoms with van der Waals surface area (Å²) in [7, 11) is 0.290. The maximum atomic E-state index is 13.4. The third kappa shape index (κ3) is 4.55. The molecule has 0 saturated carbocycles. The van der Waals surface area contributed by atoms with Crippen LogP contribution in [0.3, 0.4) is 0 Å². The van der Waals surface area contributed by atoms with Crippen LogP contribution in [0.25, 0.3) is 22.3 Å². The number of furan rings is 1. The van der Waals surface area contributed by atoms with Crippen LogP contribution in [0.5, 0.6) is 0 Å². The SMILES string of the molecule is CNC(=O)c1c(-c2ccc(F)cc2)oc2cc3c(cc12)[C@@H](C)O[C@@H](C)CN3S(C)=O.CS. The van der Waals surface area contributed by atoms with Gasteiger partial charge in [-0.15, -0.1) is 0 Å². The Kier molecular flexibility index (Phi) is 7.63. The van der Waals surface area contributed by atoms with E-state index in [0.29, 0.717) is 34.4 Å². The van der Waals surface area contributed by atoms with Gasteiger partial charge in [0.25, 0.3) is 5.91 Å². The molecule has 172 valence electrons. The van der Waals surface area contributed by atoms with Crippen molar-refractivity contribution in [3.8, 4) is 11.3 Å². The molecule has 1 aromatic heterocycles. The molecular weight excluding hydrogens is 451 g/mol. The van der Waals surface area contributed by atoms with Gasteiger partial charge >= 0.3 is 0 Å². The molecule has 0 fully saturated rings. The molecule has 1 amide bonds. The first-order chi connectivity index (χ1) is 15.3. The summed E-state index contributed by atoms with van der Waals surface area (Å²) in [6.07, 6.45) is 2.95. The summed E-state index contributed by atoms with van der Waals surface area (Å²) in [4.78, 5) is 12.8. The molecule has 0 saturated heterocycles. The van der Waals surface area contributed by atoms with Crippen LogP contribution < -0.4 is 9.62 Å². The van der Waals surface area contributed by atoms with Crippen LogP contribution in [-0.2, 0) is 15.7 Å². The molecule has 3 aromatic rings. The van der Waals surface area contributed by atoms with E-state index >= 15 is 0 Å². The topological polar surface area (TPSA) is 71.8 Å². The molecule has 1 aliphatic rings. The van der Waals surface area contributed by atoms with E-state index in [0.717, 1.165) is 11.3 Å². The van der Waals surface area contributed by atoms with Crippen molar-refractivity contribution >= 4 is 46.2 Å². The number of hydrogen-bond donors (Lipinski definition) is 2. The Balaban J connectivity index is 0.00000141. The summed E-state index contributed by atoms with van der Waals surface area (Å²) in [5.41, 5.74) is 3.04. The lowest BCUT2D eigenvalue weighted by molar-refractivity contribution is 0.0175. The number of carbonyl (C=O) groups is 1. The Morgan fingerprint density at radius 2 is 1.88 bits per heavy atom. The lowest BCUT2D eigenvalue weighted by Gasteiger charge is -2.22. The van der Waals surface area contributed by atoms with Gasteiger partial charge < -0.3 is 14.5 Å². The molecule has 1 aliphatic heterocycles. The Morgan fingerprint density at radius 1 is 1.22 bits per heavy atom. The number of anilines is 1. The van der Waals surface area contributed by atoms with Crippen molar-refractivity contribution in [1.29, 1.82) is 0 Å². The highest BCUT2D eigenvalue weighted by atomic mass is 32.2. The third-order valence-electron chi connectivity index (χ3n) is 5.27. The van der Waals surface area contributed by atoms with Gasteiger partial charge in [-0.1, -0.05) is 0 Å². The van der Waals surface area contributed by atoms with E-state index in [1.807, 2.05) is 26.0 Å². The maximum absolute atomic E-state index is 13.4. The summed E-state index contributed by atoms with van der Waals surface area (Å²) in [6.45, 7) is 4.35. The van der Waals surface area contributed by atoms with Crippen molar-refractivity contribution < 1.29 is 22.5 Å². The van der Waals surface area contributed by atoms with Crippen LogP contribution >= 0.6 is 12.6 Å². The van der Waals surface area contributed by atoms with Gasteiger partial charge in [0.15, 0.2) is 0 Å². The van der Waals surface area contributed by atoms with Gasteiger partial charge in [0.2, 0.25) is 0 Å². The van der Waals surface area contributed by atoms with E-state index < -0.39 is 11.0 Å². The number of ether oxygens (including phenoxy) is 1. The highest BCUT2D eigenvalue weighted by molar-refractivity contribution is 7.85. The molecular formula is C23H27FN2O4S2. The molecule has 3 atom stereocenters. The van der Waals surface area contributed by atoms with Gasteiger partial charge in [-0.05, 0) is 50.4 Å². The zero-order chi connectivity index (χ0) is 23.6. The second-order valence-corrected chi connectivity index (χ2v) is 8.66. The van der Waals surface area contributed by atoms with Gasteiger partial charge in [0.05, 0.1) is 30.0 Å². The number of hydrogen-bond acceptors (Lipinski definition) is 5. The number of amides is 1. The molecule has 1 N–H and O–H groups in total. The van der Waals surface area contributed by atoms with Crippen molar-refractivity contribution in [1.82, 2.24) is 5.32 Å². The Bertz CT molecular complexity index is 1150. The summed E-state index contributed by atoms with van der Waals surface area (Å²) in [5.74, 6) is -0.320. The fourth-order valence-electron chi connectivity index (χ4n) is 3.89. The minimum Gasteiger partial charge on any atom is -0.455 e. The average Bonchev–Trinajstić information content (AvgIpc) is 3.10.